The molecule has 0 radical (unpaired) electrons. The maximum atomic E-state index is 11.0. The molecule has 3 heteroatoms. The number of hydrogen-bond donors (Lipinski definition) is 1. The average molecular weight is 165 g/mol. The van der Waals surface area contributed by atoms with Gasteiger partial charge in [-0.3, -0.25) is 10.0 Å². The fourth-order valence-electron chi connectivity index (χ4n) is 0.885. The van der Waals surface area contributed by atoms with Gasteiger partial charge in [-0.25, -0.2) is 5.06 Å². The lowest BCUT2D eigenvalue weighted by Gasteiger charge is -2.07. The van der Waals surface area contributed by atoms with Crippen molar-refractivity contribution < 1.29 is 10.0 Å². The maximum absolute atomic E-state index is 11.0. The highest BCUT2D eigenvalue weighted by Gasteiger charge is 2.05. The monoisotopic (exact) mass is 165 g/mol. The highest BCUT2D eigenvalue weighted by atomic mass is 16.5. The zero-order valence-electron chi connectivity index (χ0n) is 6.90. The van der Waals surface area contributed by atoms with E-state index >= 15 is 0 Å². The quantitative estimate of drug-likeness (QED) is 0.526. The van der Waals surface area contributed by atoms with E-state index in [2.05, 4.69) is 0 Å². The van der Waals surface area contributed by atoms with Gasteiger partial charge in [0.25, 0.3) is 0 Å². The molecule has 0 heterocycles. The van der Waals surface area contributed by atoms with Crippen molar-refractivity contribution in [1.82, 2.24) is 5.06 Å². The summed E-state index contributed by atoms with van der Waals surface area (Å²) < 4.78 is 0. The highest BCUT2D eigenvalue weighted by molar-refractivity contribution is 5.77. The molecule has 0 fully saturated rings. The first-order valence-corrected chi connectivity index (χ1v) is 3.69. The lowest BCUT2D eigenvalue weighted by Crippen LogP contribution is -2.24. The van der Waals surface area contributed by atoms with E-state index in [1.165, 1.54) is 7.05 Å². The normalized spacial score (nSPS) is 9.50. The van der Waals surface area contributed by atoms with Crippen LogP contribution in [0, 0.1) is 0 Å². The summed E-state index contributed by atoms with van der Waals surface area (Å²) in [5.41, 5.74) is 0.906. The van der Waals surface area contributed by atoms with Crippen LogP contribution in [-0.2, 0) is 11.2 Å². The molecule has 1 N–H and O–H groups in total. The largest absolute Gasteiger partial charge is 0.286 e. The molecule has 0 atom stereocenters. The van der Waals surface area contributed by atoms with Crippen LogP contribution in [0.4, 0.5) is 0 Å². The van der Waals surface area contributed by atoms with Gasteiger partial charge in [0.1, 0.15) is 0 Å². The molecule has 0 aliphatic carbocycles. The molecule has 0 aliphatic rings. The van der Waals surface area contributed by atoms with Crippen LogP contribution < -0.4 is 0 Å². The summed E-state index contributed by atoms with van der Waals surface area (Å²) in [6.07, 6.45) is 0.244. The van der Waals surface area contributed by atoms with E-state index in [9.17, 15) is 4.79 Å². The lowest BCUT2D eigenvalue weighted by atomic mass is 10.1. The molecule has 0 spiro atoms. The Morgan fingerprint density at radius 3 is 2.50 bits per heavy atom. The number of nitrogens with zero attached hydrogens (tertiary/aromatic N) is 1. The summed E-state index contributed by atoms with van der Waals surface area (Å²) >= 11 is 0. The predicted octanol–water partition coefficient (Wildman–Crippen LogP) is 1.08. The first kappa shape index (κ1) is 8.74. The molecule has 1 rings (SSSR count). The number of hydroxylamine groups is 2. The number of rotatable bonds is 2. The molecular formula is C9H11NO2. The Labute approximate surface area is 71.2 Å². The van der Waals surface area contributed by atoms with E-state index in [1.807, 2.05) is 30.3 Å². The van der Waals surface area contributed by atoms with Gasteiger partial charge >= 0.3 is 0 Å². The molecule has 0 aromatic heterocycles. The average Bonchev–Trinajstić information content (AvgIpc) is 2.06. The molecule has 3 nitrogen and oxygen atoms in total. The molecule has 0 bridgehead atoms. The minimum Gasteiger partial charge on any atom is -0.286 e. The van der Waals surface area contributed by atoms with Gasteiger partial charge in [-0.05, 0) is 5.56 Å². The Hall–Kier alpha value is -1.35. The van der Waals surface area contributed by atoms with Gasteiger partial charge in [0.15, 0.2) is 0 Å². The zero-order valence-corrected chi connectivity index (χ0v) is 6.90. The fourth-order valence-corrected chi connectivity index (χ4v) is 0.885. The Morgan fingerprint density at radius 2 is 2.00 bits per heavy atom. The van der Waals surface area contributed by atoms with E-state index < -0.39 is 0 Å². The molecular weight excluding hydrogens is 154 g/mol. The van der Waals surface area contributed by atoms with Gasteiger partial charge in [0.05, 0.1) is 6.42 Å². The standard InChI is InChI=1S/C9H11NO2/c1-10(12)9(11)7-8-5-3-2-4-6-8/h2-6,12H,7H2,1H3. The molecule has 0 saturated carbocycles. The summed E-state index contributed by atoms with van der Waals surface area (Å²) in [6.45, 7) is 0. The molecule has 0 unspecified atom stereocenters. The van der Waals surface area contributed by atoms with Gasteiger partial charge in [-0.1, -0.05) is 30.3 Å². The number of carbonyl (C=O) groups is 1. The number of likely N-dealkylation sites (N-methyl/N-ethyl adjacent to an activating group) is 1. The van der Waals surface area contributed by atoms with E-state index in [4.69, 9.17) is 5.21 Å². The second kappa shape index (κ2) is 3.88. The third-order valence-electron chi connectivity index (χ3n) is 1.56. The Balaban J connectivity index is 2.59. The number of hydrogen-bond acceptors (Lipinski definition) is 2. The SMILES string of the molecule is CN(O)C(=O)Cc1ccccc1. The predicted molar refractivity (Wildman–Crippen MR) is 44.7 cm³/mol. The van der Waals surface area contributed by atoms with Crippen molar-refractivity contribution in [3.63, 3.8) is 0 Å². The molecule has 0 aliphatic heterocycles. The van der Waals surface area contributed by atoms with Crippen LogP contribution in [0.2, 0.25) is 0 Å². The Kier molecular flexibility index (Phi) is 2.82. The lowest BCUT2D eigenvalue weighted by molar-refractivity contribution is -0.158. The minimum absolute atomic E-state index is 0.244. The van der Waals surface area contributed by atoms with Crippen LogP contribution in [0.25, 0.3) is 0 Å². The highest BCUT2D eigenvalue weighted by Crippen LogP contribution is 2.00. The number of benzene rings is 1. The Bertz CT molecular complexity index is 256. The van der Waals surface area contributed by atoms with Crippen molar-refractivity contribution >= 4 is 5.91 Å². The molecule has 1 aromatic rings. The third kappa shape index (κ3) is 2.36. The third-order valence-corrected chi connectivity index (χ3v) is 1.56. The first-order valence-electron chi connectivity index (χ1n) is 3.69. The Morgan fingerprint density at radius 1 is 1.42 bits per heavy atom. The van der Waals surface area contributed by atoms with E-state index in [-0.39, 0.29) is 12.3 Å². The van der Waals surface area contributed by atoms with Crippen LogP contribution in [0.1, 0.15) is 5.56 Å². The number of amides is 1. The fraction of sp³-hybridized carbons (Fsp3) is 0.222. The molecule has 1 aromatic carbocycles. The molecule has 0 saturated heterocycles. The van der Waals surface area contributed by atoms with E-state index in [0.29, 0.717) is 5.06 Å². The molecule has 64 valence electrons. The van der Waals surface area contributed by atoms with Crippen LogP contribution in [-0.4, -0.2) is 23.2 Å². The van der Waals surface area contributed by atoms with Crippen molar-refractivity contribution in [2.45, 2.75) is 6.42 Å². The van der Waals surface area contributed by atoms with Crippen molar-refractivity contribution in [2.24, 2.45) is 0 Å². The van der Waals surface area contributed by atoms with Gasteiger partial charge in [-0.2, -0.15) is 0 Å². The van der Waals surface area contributed by atoms with Gasteiger partial charge < -0.3 is 0 Å². The van der Waals surface area contributed by atoms with Crippen LogP contribution in [0.5, 0.6) is 0 Å². The van der Waals surface area contributed by atoms with Crippen LogP contribution in [0.15, 0.2) is 30.3 Å². The number of carbonyl (C=O) groups excluding carboxylic acids is 1. The van der Waals surface area contributed by atoms with E-state index in [1.54, 1.807) is 0 Å². The van der Waals surface area contributed by atoms with Gasteiger partial charge in [-0.15, -0.1) is 0 Å². The summed E-state index contributed by atoms with van der Waals surface area (Å²) in [4.78, 5) is 11.0. The minimum atomic E-state index is -0.304. The van der Waals surface area contributed by atoms with Crippen LogP contribution >= 0.6 is 0 Å². The summed E-state index contributed by atoms with van der Waals surface area (Å²) in [5, 5.41) is 9.37. The second-order valence-electron chi connectivity index (χ2n) is 2.58. The van der Waals surface area contributed by atoms with Crippen LogP contribution in [0.3, 0.4) is 0 Å². The van der Waals surface area contributed by atoms with Gasteiger partial charge in [0, 0.05) is 7.05 Å². The smallest absolute Gasteiger partial charge is 0.250 e. The first-order chi connectivity index (χ1) is 5.70. The summed E-state index contributed by atoms with van der Waals surface area (Å²) in [5.74, 6) is -0.304. The second-order valence-corrected chi connectivity index (χ2v) is 2.58. The van der Waals surface area contributed by atoms with E-state index in [0.717, 1.165) is 5.56 Å². The topological polar surface area (TPSA) is 40.5 Å². The summed E-state index contributed by atoms with van der Waals surface area (Å²) in [7, 11) is 1.32. The van der Waals surface area contributed by atoms with Crippen molar-refractivity contribution in [3.05, 3.63) is 35.9 Å². The summed E-state index contributed by atoms with van der Waals surface area (Å²) in [6, 6.07) is 9.30. The maximum Gasteiger partial charge on any atom is 0.250 e. The van der Waals surface area contributed by atoms with Gasteiger partial charge in [0.2, 0.25) is 5.91 Å². The van der Waals surface area contributed by atoms with Crippen molar-refractivity contribution in [3.8, 4) is 0 Å². The zero-order chi connectivity index (χ0) is 8.97. The van der Waals surface area contributed by atoms with Crippen molar-refractivity contribution in [2.75, 3.05) is 7.05 Å². The molecule has 12 heavy (non-hydrogen) atoms. The molecule has 1 amide bonds. The van der Waals surface area contributed by atoms with Crippen molar-refractivity contribution in [1.29, 1.82) is 0 Å².